The van der Waals surface area contributed by atoms with Crippen molar-refractivity contribution in [2.45, 2.75) is 18.4 Å². The third-order valence-corrected chi connectivity index (χ3v) is 2.07. The SMILES string of the molecule is C#CC1(OC)CCNCC1.Cl. The molecule has 11 heavy (non-hydrogen) atoms. The summed E-state index contributed by atoms with van der Waals surface area (Å²) in [6, 6.07) is 0. The molecule has 0 amide bonds. The molecule has 64 valence electrons. The van der Waals surface area contributed by atoms with Crippen LogP contribution in [0.25, 0.3) is 0 Å². The van der Waals surface area contributed by atoms with Gasteiger partial charge >= 0.3 is 0 Å². The Morgan fingerprint density at radius 1 is 1.45 bits per heavy atom. The molecule has 1 aliphatic rings. The van der Waals surface area contributed by atoms with Crippen LogP contribution in [-0.2, 0) is 4.74 Å². The summed E-state index contributed by atoms with van der Waals surface area (Å²) in [5, 5.41) is 3.23. The van der Waals surface area contributed by atoms with Crippen molar-refractivity contribution in [2.75, 3.05) is 20.2 Å². The van der Waals surface area contributed by atoms with E-state index in [0.29, 0.717) is 0 Å². The number of rotatable bonds is 1. The fourth-order valence-electron chi connectivity index (χ4n) is 1.24. The molecule has 1 N–H and O–H groups in total. The Morgan fingerprint density at radius 2 is 2.00 bits per heavy atom. The van der Waals surface area contributed by atoms with Gasteiger partial charge in [0.05, 0.1) is 0 Å². The second-order valence-electron chi connectivity index (χ2n) is 2.59. The van der Waals surface area contributed by atoms with Gasteiger partial charge in [0, 0.05) is 20.0 Å². The van der Waals surface area contributed by atoms with Gasteiger partial charge in [0.1, 0.15) is 5.60 Å². The average Bonchev–Trinajstić information content (AvgIpc) is 2.06. The molecule has 0 aromatic heterocycles. The third kappa shape index (κ3) is 2.37. The van der Waals surface area contributed by atoms with Crippen LogP contribution >= 0.6 is 12.4 Å². The summed E-state index contributed by atoms with van der Waals surface area (Å²) in [7, 11) is 1.69. The maximum atomic E-state index is 5.35. The van der Waals surface area contributed by atoms with Crippen molar-refractivity contribution in [2.24, 2.45) is 0 Å². The Bertz CT molecular complexity index is 147. The lowest BCUT2D eigenvalue weighted by atomic mass is 9.93. The van der Waals surface area contributed by atoms with Gasteiger partial charge in [-0.05, 0) is 13.1 Å². The van der Waals surface area contributed by atoms with Crippen LogP contribution in [-0.4, -0.2) is 25.8 Å². The van der Waals surface area contributed by atoms with E-state index < -0.39 is 0 Å². The quantitative estimate of drug-likeness (QED) is 0.596. The van der Waals surface area contributed by atoms with Gasteiger partial charge in [-0.2, -0.15) is 0 Å². The van der Waals surface area contributed by atoms with E-state index in [2.05, 4.69) is 11.2 Å². The summed E-state index contributed by atoms with van der Waals surface area (Å²) in [4.78, 5) is 0. The molecule has 1 rings (SSSR count). The predicted octanol–water partition coefficient (Wildman–Crippen LogP) is 0.810. The number of methoxy groups -OCH3 is 1. The number of terminal acetylenes is 1. The van der Waals surface area contributed by atoms with Crippen molar-refractivity contribution in [3.05, 3.63) is 0 Å². The van der Waals surface area contributed by atoms with Crippen LogP contribution in [0.5, 0.6) is 0 Å². The summed E-state index contributed by atoms with van der Waals surface area (Å²) < 4.78 is 5.25. The van der Waals surface area contributed by atoms with E-state index in [4.69, 9.17) is 11.2 Å². The number of hydrogen-bond acceptors (Lipinski definition) is 2. The standard InChI is InChI=1S/C8H13NO.ClH/c1-3-8(10-2)4-6-9-7-5-8;/h1,9H,4-7H2,2H3;1H. The molecular formula is C8H14ClNO. The smallest absolute Gasteiger partial charge is 0.130 e. The molecule has 0 unspecified atom stereocenters. The first kappa shape index (κ1) is 10.8. The van der Waals surface area contributed by atoms with E-state index in [0.717, 1.165) is 25.9 Å². The van der Waals surface area contributed by atoms with Crippen LogP contribution in [0.2, 0.25) is 0 Å². The minimum atomic E-state index is -0.273. The van der Waals surface area contributed by atoms with Crippen molar-refractivity contribution in [1.29, 1.82) is 0 Å². The van der Waals surface area contributed by atoms with Gasteiger partial charge in [-0.25, -0.2) is 0 Å². The van der Waals surface area contributed by atoms with Gasteiger partial charge in [0.25, 0.3) is 0 Å². The topological polar surface area (TPSA) is 21.3 Å². The molecule has 0 aromatic carbocycles. The predicted molar refractivity (Wildman–Crippen MR) is 47.9 cm³/mol. The Kier molecular flexibility index (Phi) is 4.51. The van der Waals surface area contributed by atoms with Crippen LogP contribution < -0.4 is 5.32 Å². The zero-order valence-electron chi connectivity index (χ0n) is 6.72. The van der Waals surface area contributed by atoms with Crippen molar-refractivity contribution in [3.63, 3.8) is 0 Å². The fraction of sp³-hybridized carbons (Fsp3) is 0.750. The summed E-state index contributed by atoms with van der Waals surface area (Å²) in [5.74, 6) is 2.70. The fourth-order valence-corrected chi connectivity index (χ4v) is 1.24. The van der Waals surface area contributed by atoms with E-state index in [1.807, 2.05) is 0 Å². The molecule has 0 bridgehead atoms. The zero-order valence-corrected chi connectivity index (χ0v) is 7.54. The van der Waals surface area contributed by atoms with E-state index in [9.17, 15) is 0 Å². The molecule has 0 aliphatic carbocycles. The molecule has 0 aromatic rings. The lowest BCUT2D eigenvalue weighted by Gasteiger charge is -2.31. The van der Waals surface area contributed by atoms with Gasteiger partial charge in [-0.1, -0.05) is 5.92 Å². The largest absolute Gasteiger partial charge is 0.366 e. The number of halogens is 1. The van der Waals surface area contributed by atoms with Crippen LogP contribution in [0.15, 0.2) is 0 Å². The van der Waals surface area contributed by atoms with Crippen LogP contribution in [0, 0.1) is 12.3 Å². The molecular weight excluding hydrogens is 162 g/mol. The normalized spacial score (nSPS) is 21.5. The molecule has 0 saturated carbocycles. The molecule has 0 spiro atoms. The Labute approximate surface area is 74.1 Å². The highest BCUT2D eigenvalue weighted by Crippen LogP contribution is 2.20. The molecule has 1 aliphatic heterocycles. The van der Waals surface area contributed by atoms with Crippen molar-refractivity contribution in [1.82, 2.24) is 5.32 Å². The monoisotopic (exact) mass is 175 g/mol. The molecule has 1 saturated heterocycles. The number of nitrogens with one attached hydrogen (secondary N) is 1. The van der Waals surface area contributed by atoms with E-state index in [-0.39, 0.29) is 18.0 Å². The summed E-state index contributed by atoms with van der Waals surface area (Å²) in [5.41, 5.74) is -0.273. The van der Waals surface area contributed by atoms with Crippen LogP contribution in [0.1, 0.15) is 12.8 Å². The van der Waals surface area contributed by atoms with Gasteiger partial charge < -0.3 is 10.1 Å². The molecule has 3 heteroatoms. The molecule has 1 heterocycles. The maximum Gasteiger partial charge on any atom is 0.130 e. The zero-order chi connectivity index (χ0) is 7.45. The lowest BCUT2D eigenvalue weighted by molar-refractivity contribution is 0.0161. The minimum absolute atomic E-state index is 0. The second-order valence-corrected chi connectivity index (χ2v) is 2.59. The van der Waals surface area contributed by atoms with Gasteiger partial charge in [-0.3, -0.25) is 0 Å². The van der Waals surface area contributed by atoms with E-state index in [1.54, 1.807) is 7.11 Å². The molecule has 0 atom stereocenters. The van der Waals surface area contributed by atoms with Crippen LogP contribution in [0.3, 0.4) is 0 Å². The molecule has 1 fully saturated rings. The van der Waals surface area contributed by atoms with Gasteiger partial charge in [0.2, 0.25) is 0 Å². The van der Waals surface area contributed by atoms with Crippen molar-refractivity contribution >= 4 is 12.4 Å². The van der Waals surface area contributed by atoms with Crippen molar-refractivity contribution in [3.8, 4) is 12.3 Å². The third-order valence-electron chi connectivity index (χ3n) is 2.07. The summed E-state index contributed by atoms with van der Waals surface area (Å²) in [6.45, 7) is 1.94. The molecule has 2 nitrogen and oxygen atoms in total. The lowest BCUT2D eigenvalue weighted by Crippen LogP contribution is -2.42. The number of ether oxygens (including phenoxy) is 1. The number of piperidine rings is 1. The minimum Gasteiger partial charge on any atom is -0.366 e. The molecule has 0 radical (unpaired) electrons. The first-order valence-electron chi connectivity index (χ1n) is 3.57. The Morgan fingerprint density at radius 3 is 2.27 bits per heavy atom. The summed E-state index contributed by atoms with van der Waals surface area (Å²) >= 11 is 0. The first-order chi connectivity index (χ1) is 4.83. The van der Waals surface area contributed by atoms with Gasteiger partial charge in [0.15, 0.2) is 0 Å². The highest BCUT2D eigenvalue weighted by molar-refractivity contribution is 5.85. The highest BCUT2D eigenvalue weighted by atomic mass is 35.5. The van der Waals surface area contributed by atoms with Crippen LogP contribution in [0.4, 0.5) is 0 Å². The van der Waals surface area contributed by atoms with Crippen molar-refractivity contribution < 1.29 is 4.74 Å². The van der Waals surface area contributed by atoms with E-state index in [1.165, 1.54) is 0 Å². The average molecular weight is 176 g/mol. The second kappa shape index (κ2) is 4.61. The maximum absolute atomic E-state index is 5.35. The Hall–Kier alpha value is -0.230. The summed E-state index contributed by atoms with van der Waals surface area (Å²) in [6.07, 6.45) is 7.21. The highest BCUT2D eigenvalue weighted by Gasteiger charge is 2.28. The first-order valence-corrected chi connectivity index (χ1v) is 3.57. The van der Waals surface area contributed by atoms with Gasteiger partial charge in [-0.15, -0.1) is 18.8 Å². The Balaban J connectivity index is 0.000001000. The number of hydrogen-bond donors (Lipinski definition) is 1. The van der Waals surface area contributed by atoms with E-state index >= 15 is 0 Å².